The molecule has 0 unspecified atom stereocenters. The Labute approximate surface area is 461 Å². The largest absolute Gasteiger partial charge is 1.00 e. The molecule has 4 aromatic heterocycles. The molecule has 0 amide bonds. The van der Waals surface area contributed by atoms with Crippen molar-refractivity contribution in [2.75, 3.05) is 7.11 Å². The second-order valence-electron chi connectivity index (χ2n) is 17.3. The minimum absolute atomic E-state index is 0. The van der Waals surface area contributed by atoms with Gasteiger partial charge < -0.3 is 55.3 Å². The molecule has 0 saturated carbocycles. The SMILES string of the molecule is COC(=O)Cc1ccc(-c2ccc(C(=O)O)s2)cc1OCc1cc(-c2cccc(CN)c2)c2occc2c1.NCc1cccc(-c2cc(COc3cc(-c4ccc(C(=O)O)s4)ccc3CC(=O)O)cc3ccoc23)c1.[Li+].[OH-]. The molecule has 15 nitrogen and oxygen atoms in total. The molecule has 386 valence electrons. The van der Waals surface area contributed by atoms with Crippen molar-refractivity contribution in [1.29, 1.82) is 0 Å². The van der Waals surface area contributed by atoms with Crippen molar-refractivity contribution in [2.45, 2.75) is 39.1 Å². The van der Waals surface area contributed by atoms with E-state index in [0.717, 1.165) is 98.7 Å². The average molecular weight is 1070 g/mol. The maximum absolute atomic E-state index is 12.1. The minimum atomic E-state index is -0.988. The second kappa shape index (κ2) is 25.5. The first-order chi connectivity index (χ1) is 36.4. The summed E-state index contributed by atoms with van der Waals surface area (Å²) < 4.78 is 28.9. The van der Waals surface area contributed by atoms with E-state index < -0.39 is 17.9 Å². The zero-order valence-corrected chi connectivity index (χ0v) is 43.3. The van der Waals surface area contributed by atoms with E-state index in [9.17, 15) is 34.5 Å². The fourth-order valence-corrected chi connectivity index (χ4v) is 10.2. The fraction of sp³-hybridized carbons (Fsp3) is 0.119. The van der Waals surface area contributed by atoms with Crippen molar-refractivity contribution in [3.8, 4) is 54.6 Å². The number of fused-ring (bicyclic) bond motifs is 2. The Kier molecular flexibility index (Phi) is 18.7. The summed E-state index contributed by atoms with van der Waals surface area (Å²) in [5.74, 6) is -2.35. The number of aliphatic carboxylic acids is 1. The molecule has 0 aliphatic carbocycles. The van der Waals surface area contributed by atoms with Crippen LogP contribution in [0.25, 0.3) is 65.1 Å². The van der Waals surface area contributed by atoms with Crippen molar-refractivity contribution in [3.63, 3.8) is 0 Å². The van der Waals surface area contributed by atoms with Gasteiger partial charge in [0.25, 0.3) is 0 Å². The number of esters is 1. The Bertz CT molecular complexity index is 3740. The number of nitrogens with two attached hydrogens (primary N) is 2. The summed E-state index contributed by atoms with van der Waals surface area (Å²) in [6, 6.07) is 45.2. The smallest absolute Gasteiger partial charge is 0.870 e. The van der Waals surface area contributed by atoms with Gasteiger partial charge in [-0.3, -0.25) is 9.59 Å². The molecule has 0 radical (unpaired) electrons. The molecule has 0 bridgehead atoms. The molecular weight excluding hydrogens is 1020 g/mol. The summed E-state index contributed by atoms with van der Waals surface area (Å²) in [6.45, 7) is 1.31. The Morgan fingerprint density at radius 1 is 0.519 bits per heavy atom. The molecule has 4 heterocycles. The summed E-state index contributed by atoms with van der Waals surface area (Å²) in [5.41, 5.74) is 23.7. The van der Waals surface area contributed by atoms with E-state index in [1.165, 1.54) is 18.4 Å². The second-order valence-corrected chi connectivity index (χ2v) is 19.4. The number of benzene rings is 6. The number of hydrogen-bond acceptors (Lipinski definition) is 14. The molecular formula is C59H49LiN2O13S2. The van der Waals surface area contributed by atoms with Gasteiger partial charge in [0.15, 0.2) is 0 Å². The number of thiophene rings is 2. The van der Waals surface area contributed by atoms with Crippen LogP contribution in [0.3, 0.4) is 0 Å². The van der Waals surface area contributed by atoms with Gasteiger partial charge in [0.1, 0.15) is 45.6 Å². The number of furan rings is 2. The first kappa shape index (κ1) is 56.5. The zero-order valence-electron chi connectivity index (χ0n) is 41.7. The van der Waals surface area contributed by atoms with Gasteiger partial charge in [-0.1, -0.05) is 60.7 Å². The zero-order chi connectivity index (χ0) is 52.6. The fourth-order valence-electron chi connectivity index (χ4n) is 8.52. The van der Waals surface area contributed by atoms with E-state index >= 15 is 0 Å². The number of carboxylic acids is 3. The number of carboxylic acid groups (broad SMARTS) is 3. The van der Waals surface area contributed by atoms with Crippen molar-refractivity contribution >= 4 is 68.5 Å². The van der Waals surface area contributed by atoms with Crippen molar-refractivity contribution in [3.05, 3.63) is 201 Å². The number of ether oxygens (including phenoxy) is 3. The molecule has 18 heteroatoms. The van der Waals surface area contributed by atoms with Crippen molar-refractivity contribution in [1.82, 2.24) is 0 Å². The predicted octanol–water partition coefficient (Wildman–Crippen LogP) is 9.30. The third-order valence-electron chi connectivity index (χ3n) is 12.2. The molecule has 0 atom stereocenters. The summed E-state index contributed by atoms with van der Waals surface area (Å²) >= 11 is 2.33. The standard InChI is InChI=1S/C30H25NO6S.C29H23NO6S.Li.H2O/c1-35-28(32)15-21-5-6-22(26-7-8-27(38-26)30(33)34)14-25(21)37-17-19-12-23-9-10-36-29(23)24(13-19)20-4-2-3-18(11-20)16-31;30-15-17-2-1-3-19(10-17)23-12-18(11-22-8-9-35-28(22)23)16-36-24-13-21(5-4-20(24)14-27(31)32)25-6-7-26(37-25)29(33)34;;/h2-14H,15-17,31H2,1H3,(H,33,34);1-13H,14-16,30H2,(H,31,32)(H,33,34);;1H2/q;;+1;/p-1. The molecule has 0 aliphatic heterocycles. The van der Waals surface area contributed by atoms with Crippen LogP contribution in [0.1, 0.15) is 52.7 Å². The first-order valence-electron chi connectivity index (χ1n) is 23.4. The number of rotatable bonds is 18. The van der Waals surface area contributed by atoms with Crippen LogP contribution in [0.4, 0.5) is 0 Å². The molecule has 10 aromatic rings. The maximum atomic E-state index is 12.1. The molecule has 0 saturated heterocycles. The molecule has 0 fully saturated rings. The third kappa shape index (κ3) is 13.4. The average Bonchev–Trinajstić information content (AvgIpc) is 4.28. The molecule has 6 aromatic carbocycles. The third-order valence-corrected chi connectivity index (χ3v) is 14.4. The number of methoxy groups -OCH3 is 1. The van der Waals surface area contributed by atoms with E-state index in [4.69, 9.17) is 34.5 Å². The van der Waals surface area contributed by atoms with Gasteiger partial charge in [-0.05, 0) is 129 Å². The van der Waals surface area contributed by atoms with Crippen LogP contribution < -0.4 is 39.8 Å². The molecule has 0 spiro atoms. The van der Waals surface area contributed by atoms with Crippen LogP contribution >= 0.6 is 22.7 Å². The summed E-state index contributed by atoms with van der Waals surface area (Å²) in [6.07, 6.45) is 3.16. The summed E-state index contributed by atoms with van der Waals surface area (Å²) in [4.78, 5) is 48.2. The number of carbonyl (C=O) groups is 4. The van der Waals surface area contributed by atoms with Crippen LogP contribution in [-0.4, -0.2) is 51.8 Å². The van der Waals surface area contributed by atoms with Gasteiger partial charge in [0.05, 0.1) is 32.5 Å². The van der Waals surface area contributed by atoms with Crippen LogP contribution in [0.2, 0.25) is 0 Å². The van der Waals surface area contributed by atoms with Gasteiger partial charge in [-0.2, -0.15) is 0 Å². The van der Waals surface area contributed by atoms with Gasteiger partial charge in [0, 0.05) is 55.9 Å². The predicted molar refractivity (Wildman–Crippen MR) is 290 cm³/mol. The Morgan fingerprint density at radius 3 is 1.38 bits per heavy atom. The number of carbonyl (C=O) groups excluding carboxylic acids is 1. The van der Waals surface area contributed by atoms with Gasteiger partial charge in [-0.15, -0.1) is 22.7 Å². The quantitative estimate of drug-likeness (QED) is 0.0396. The van der Waals surface area contributed by atoms with Crippen LogP contribution in [0.15, 0.2) is 167 Å². The topological polar surface area (TPSA) is 265 Å². The van der Waals surface area contributed by atoms with Gasteiger partial charge in [-0.25, -0.2) is 9.59 Å². The minimum Gasteiger partial charge on any atom is -0.870 e. The van der Waals surface area contributed by atoms with Crippen molar-refractivity contribution < 1.29 is 81.9 Å². The van der Waals surface area contributed by atoms with Crippen LogP contribution in [0.5, 0.6) is 11.5 Å². The van der Waals surface area contributed by atoms with E-state index in [2.05, 4.69) is 0 Å². The molecule has 10 rings (SSSR count). The van der Waals surface area contributed by atoms with Gasteiger partial charge in [0.2, 0.25) is 0 Å². The molecule has 77 heavy (non-hydrogen) atoms. The Morgan fingerprint density at radius 2 is 0.974 bits per heavy atom. The number of hydrogen-bond donors (Lipinski definition) is 5. The van der Waals surface area contributed by atoms with Crippen molar-refractivity contribution in [2.24, 2.45) is 11.5 Å². The normalized spacial score (nSPS) is 10.7. The maximum Gasteiger partial charge on any atom is 1.00 e. The monoisotopic (exact) mass is 1060 g/mol. The molecule has 8 N–H and O–H groups in total. The number of aromatic carboxylic acids is 2. The van der Waals surface area contributed by atoms with E-state index in [0.29, 0.717) is 35.7 Å². The van der Waals surface area contributed by atoms with E-state index in [1.54, 1.807) is 55.0 Å². The van der Waals surface area contributed by atoms with E-state index in [1.807, 2.05) is 103 Å². The van der Waals surface area contributed by atoms with Crippen LogP contribution in [0, 0.1) is 0 Å². The molecule has 0 aliphatic rings. The summed E-state index contributed by atoms with van der Waals surface area (Å²) in [5, 5.41) is 29.8. The van der Waals surface area contributed by atoms with Gasteiger partial charge >= 0.3 is 42.7 Å². The first-order valence-corrected chi connectivity index (χ1v) is 25.1. The van der Waals surface area contributed by atoms with E-state index in [-0.39, 0.29) is 66.1 Å². The van der Waals surface area contributed by atoms with Crippen LogP contribution in [-0.2, 0) is 53.5 Å². The Hall–Kier alpha value is -8.24. The summed E-state index contributed by atoms with van der Waals surface area (Å²) in [7, 11) is 1.34. The Balaban J connectivity index is 0.000000218.